The van der Waals surface area contributed by atoms with Gasteiger partial charge in [0.15, 0.2) is 0 Å². The number of hydrazine groups is 1. The lowest BCUT2D eigenvalue weighted by Gasteiger charge is -2.20. The summed E-state index contributed by atoms with van der Waals surface area (Å²) >= 11 is 6.19. The van der Waals surface area contributed by atoms with Crippen molar-refractivity contribution < 1.29 is 4.74 Å². The van der Waals surface area contributed by atoms with Crippen molar-refractivity contribution in [2.45, 2.75) is 32.9 Å². The fourth-order valence-corrected chi connectivity index (χ4v) is 2.41. The highest BCUT2D eigenvalue weighted by molar-refractivity contribution is 6.31. The quantitative estimate of drug-likeness (QED) is 0.656. The minimum Gasteiger partial charge on any atom is -0.489 e. The van der Waals surface area contributed by atoms with Crippen LogP contribution in [0.3, 0.4) is 0 Å². The Morgan fingerprint density at radius 3 is 2.71 bits per heavy atom. The van der Waals surface area contributed by atoms with Crippen LogP contribution in [0, 0.1) is 6.92 Å². The first-order chi connectivity index (χ1) is 10.0. The molecule has 5 heteroatoms. The summed E-state index contributed by atoms with van der Waals surface area (Å²) < 4.78 is 5.68. The average molecular weight is 306 g/mol. The third-order valence-corrected chi connectivity index (χ3v) is 3.64. The smallest absolute Gasteiger partial charge is 0.138 e. The van der Waals surface area contributed by atoms with E-state index in [1.807, 2.05) is 45.0 Å². The molecule has 112 valence electrons. The molecule has 0 aliphatic rings. The Labute approximate surface area is 130 Å². The SMILES string of the molecule is Cc1c(Cl)cccc1C(NN)c1cncc(OC(C)C)c1. The fraction of sp³-hybridized carbons (Fsp3) is 0.312. The summed E-state index contributed by atoms with van der Waals surface area (Å²) in [7, 11) is 0. The monoisotopic (exact) mass is 305 g/mol. The van der Waals surface area contributed by atoms with E-state index < -0.39 is 0 Å². The van der Waals surface area contributed by atoms with Gasteiger partial charge in [-0.25, -0.2) is 5.43 Å². The number of pyridine rings is 1. The van der Waals surface area contributed by atoms with E-state index in [1.165, 1.54) is 0 Å². The van der Waals surface area contributed by atoms with Gasteiger partial charge < -0.3 is 4.74 Å². The normalized spacial score (nSPS) is 12.5. The molecule has 0 saturated carbocycles. The van der Waals surface area contributed by atoms with Crippen LogP contribution in [0.15, 0.2) is 36.7 Å². The Morgan fingerprint density at radius 1 is 1.29 bits per heavy atom. The number of nitrogens with one attached hydrogen (secondary N) is 1. The van der Waals surface area contributed by atoms with Gasteiger partial charge in [-0.05, 0) is 49.6 Å². The molecular weight excluding hydrogens is 286 g/mol. The summed E-state index contributed by atoms with van der Waals surface area (Å²) in [6, 6.07) is 7.54. The van der Waals surface area contributed by atoms with Crippen LogP contribution in [0.2, 0.25) is 5.02 Å². The van der Waals surface area contributed by atoms with Crippen molar-refractivity contribution in [2.75, 3.05) is 0 Å². The molecule has 1 heterocycles. The second-order valence-electron chi connectivity index (χ2n) is 5.17. The molecule has 0 bridgehead atoms. The molecule has 1 atom stereocenters. The summed E-state index contributed by atoms with van der Waals surface area (Å²) in [6.07, 6.45) is 3.57. The number of benzene rings is 1. The zero-order chi connectivity index (χ0) is 15.4. The molecule has 0 amide bonds. The average Bonchev–Trinajstić information content (AvgIpc) is 2.44. The molecule has 1 aromatic carbocycles. The third-order valence-electron chi connectivity index (χ3n) is 3.23. The van der Waals surface area contributed by atoms with Crippen molar-refractivity contribution in [3.8, 4) is 5.75 Å². The zero-order valence-corrected chi connectivity index (χ0v) is 13.2. The predicted molar refractivity (Wildman–Crippen MR) is 85.4 cm³/mol. The first-order valence-electron chi connectivity index (χ1n) is 6.85. The molecular formula is C16H20ClN3O. The highest BCUT2D eigenvalue weighted by Crippen LogP contribution is 2.29. The number of aromatic nitrogens is 1. The topological polar surface area (TPSA) is 60.2 Å². The van der Waals surface area contributed by atoms with E-state index in [4.69, 9.17) is 22.2 Å². The summed E-state index contributed by atoms with van der Waals surface area (Å²) in [5.74, 6) is 6.47. The van der Waals surface area contributed by atoms with E-state index in [2.05, 4.69) is 10.4 Å². The summed E-state index contributed by atoms with van der Waals surface area (Å²) in [6.45, 7) is 5.93. The molecule has 1 aromatic heterocycles. The van der Waals surface area contributed by atoms with Gasteiger partial charge in [0, 0.05) is 11.2 Å². The van der Waals surface area contributed by atoms with Gasteiger partial charge in [-0.15, -0.1) is 0 Å². The maximum atomic E-state index is 6.19. The van der Waals surface area contributed by atoms with Crippen LogP contribution >= 0.6 is 11.6 Å². The van der Waals surface area contributed by atoms with Gasteiger partial charge in [-0.1, -0.05) is 23.7 Å². The van der Waals surface area contributed by atoms with Crippen LogP contribution in [0.5, 0.6) is 5.75 Å². The van der Waals surface area contributed by atoms with Gasteiger partial charge in [0.25, 0.3) is 0 Å². The van der Waals surface area contributed by atoms with Crippen LogP contribution < -0.4 is 16.0 Å². The minimum absolute atomic E-state index is 0.0965. The molecule has 2 rings (SSSR count). The number of rotatable bonds is 5. The van der Waals surface area contributed by atoms with Gasteiger partial charge in [0.1, 0.15) is 5.75 Å². The van der Waals surface area contributed by atoms with Crippen LogP contribution in [-0.4, -0.2) is 11.1 Å². The number of hydrogen-bond donors (Lipinski definition) is 2. The van der Waals surface area contributed by atoms with Crippen LogP contribution in [0.1, 0.15) is 36.6 Å². The Balaban J connectivity index is 2.39. The maximum Gasteiger partial charge on any atom is 0.138 e. The summed E-state index contributed by atoms with van der Waals surface area (Å²) in [5.41, 5.74) is 5.78. The number of halogens is 1. The fourth-order valence-electron chi connectivity index (χ4n) is 2.23. The molecule has 0 saturated heterocycles. The van der Waals surface area contributed by atoms with Crippen molar-refractivity contribution in [1.82, 2.24) is 10.4 Å². The molecule has 1 unspecified atom stereocenters. The first-order valence-corrected chi connectivity index (χ1v) is 7.23. The van der Waals surface area contributed by atoms with E-state index >= 15 is 0 Å². The lowest BCUT2D eigenvalue weighted by molar-refractivity contribution is 0.241. The second kappa shape index (κ2) is 6.89. The molecule has 3 N–H and O–H groups in total. The summed E-state index contributed by atoms with van der Waals surface area (Å²) in [4.78, 5) is 4.23. The Morgan fingerprint density at radius 2 is 2.05 bits per heavy atom. The number of ether oxygens (including phenoxy) is 1. The second-order valence-corrected chi connectivity index (χ2v) is 5.58. The van der Waals surface area contributed by atoms with Gasteiger partial charge in [0.2, 0.25) is 0 Å². The molecule has 0 aliphatic heterocycles. The van der Waals surface area contributed by atoms with Gasteiger partial charge >= 0.3 is 0 Å². The Bertz CT molecular complexity index is 616. The highest BCUT2D eigenvalue weighted by atomic mass is 35.5. The van der Waals surface area contributed by atoms with Gasteiger partial charge in [0.05, 0.1) is 18.3 Å². The molecule has 0 spiro atoms. The van der Waals surface area contributed by atoms with Crippen molar-refractivity contribution in [1.29, 1.82) is 0 Å². The van der Waals surface area contributed by atoms with E-state index in [0.29, 0.717) is 0 Å². The van der Waals surface area contributed by atoms with Crippen molar-refractivity contribution in [3.63, 3.8) is 0 Å². The number of nitrogens with zero attached hydrogens (tertiary/aromatic N) is 1. The molecule has 2 aromatic rings. The highest BCUT2D eigenvalue weighted by Gasteiger charge is 2.17. The summed E-state index contributed by atoms with van der Waals surface area (Å²) in [5, 5.41) is 0.718. The molecule has 0 radical (unpaired) electrons. The van der Waals surface area contributed by atoms with Gasteiger partial charge in [-0.3, -0.25) is 10.8 Å². The Hall–Kier alpha value is -1.62. The van der Waals surface area contributed by atoms with E-state index in [0.717, 1.165) is 27.5 Å². The van der Waals surface area contributed by atoms with Crippen LogP contribution in [0.25, 0.3) is 0 Å². The van der Waals surface area contributed by atoms with E-state index in [1.54, 1.807) is 12.4 Å². The predicted octanol–water partition coefficient (Wildman–Crippen LogP) is 3.38. The van der Waals surface area contributed by atoms with Crippen molar-refractivity contribution in [3.05, 3.63) is 58.4 Å². The molecule has 0 fully saturated rings. The molecule has 0 aliphatic carbocycles. The van der Waals surface area contributed by atoms with Crippen molar-refractivity contribution >= 4 is 11.6 Å². The van der Waals surface area contributed by atoms with Crippen LogP contribution in [0.4, 0.5) is 0 Å². The zero-order valence-electron chi connectivity index (χ0n) is 12.4. The number of nitrogens with two attached hydrogens (primary N) is 1. The maximum absolute atomic E-state index is 6.19. The number of hydrogen-bond acceptors (Lipinski definition) is 4. The third kappa shape index (κ3) is 3.73. The Kier molecular flexibility index (Phi) is 5.17. The minimum atomic E-state index is -0.188. The van der Waals surface area contributed by atoms with Crippen LogP contribution in [-0.2, 0) is 0 Å². The lowest BCUT2D eigenvalue weighted by Crippen LogP contribution is -2.29. The molecule has 21 heavy (non-hydrogen) atoms. The first kappa shape index (κ1) is 15.8. The molecule has 4 nitrogen and oxygen atoms in total. The van der Waals surface area contributed by atoms with Gasteiger partial charge in [-0.2, -0.15) is 0 Å². The van der Waals surface area contributed by atoms with E-state index in [-0.39, 0.29) is 12.1 Å². The van der Waals surface area contributed by atoms with E-state index in [9.17, 15) is 0 Å². The lowest BCUT2D eigenvalue weighted by atomic mass is 9.96. The van der Waals surface area contributed by atoms with Crippen molar-refractivity contribution in [2.24, 2.45) is 5.84 Å². The largest absolute Gasteiger partial charge is 0.489 e. The standard InChI is InChI=1S/C16H20ClN3O/c1-10(2)21-13-7-12(8-19-9-13)16(20-18)14-5-4-6-15(17)11(14)3/h4-10,16,20H,18H2,1-3H3.